The van der Waals surface area contributed by atoms with Crippen molar-refractivity contribution in [2.45, 2.75) is 31.1 Å². The maximum atomic E-state index is 13.4. The Morgan fingerprint density at radius 3 is 2.29 bits per heavy atom. The van der Waals surface area contributed by atoms with E-state index in [0.29, 0.717) is 0 Å². The topological polar surface area (TPSA) is 81.4 Å². The van der Waals surface area contributed by atoms with Gasteiger partial charge in [-0.25, -0.2) is 17.6 Å². The first-order valence-electron chi connectivity index (χ1n) is 8.57. The minimum Gasteiger partial charge on any atom is -0.422 e. The van der Waals surface area contributed by atoms with Gasteiger partial charge >= 0.3 is 5.63 Å². The Bertz CT molecular complexity index is 1220. The highest BCUT2D eigenvalue weighted by Crippen LogP contribution is 2.24. The zero-order valence-electron chi connectivity index (χ0n) is 15.7. The minimum absolute atomic E-state index is 0.00919. The average molecular weight is 402 g/mol. The first-order chi connectivity index (χ1) is 13.0. The van der Waals surface area contributed by atoms with E-state index in [1.807, 2.05) is 20.8 Å². The van der Waals surface area contributed by atoms with Gasteiger partial charge in [-0.1, -0.05) is 32.9 Å². The molecule has 0 radical (unpaired) electrons. The van der Waals surface area contributed by atoms with E-state index in [2.05, 4.69) is 0 Å². The Labute approximate surface area is 161 Å². The molecular weight excluding hydrogens is 383 g/mol. The lowest BCUT2D eigenvalue weighted by Gasteiger charge is -2.19. The summed E-state index contributed by atoms with van der Waals surface area (Å²) in [6.07, 6.45) is 0. The maximum absolute atomic E-state index is 13.4. The molecule has 0 bridgehead atoms. The van der Waals surface area contributed by atoms with Crippen LogP contribution in [0.2, 0.25) is 0 Å². The molecule has 5 nitrogen and oxygen atoms in total. The Hall–Kier alpha value is -2.80. The van der Waals surface area contributed by atoms with Crippen molar-refractivity contribution in [3.8, 4) is 0 Å². The minimum atomic E-state index is -3.95. The first-order valence-corrected chi connectivity index (χ1v) is 10.2. The smallest absolute Gasteiger partial charge is 0.347 e. The highest BCUT2D eigenvalue weighted by molar-refractivity contribution is 7.92. The molecule has 0 fully saturated rings. The summed E-state index contributed by atoms with van der Waals surface area (Å²) in [5.74, 6) is -2.35. The number of benzene rings is 2. The molecule has 0 atom stereocenters. The summed E-state index contributed by atoms with van der Waals surface area (Å²) in [4.78, 5) is 24.5. The van der Waals surface area contributed by atoms with Gasteiger partial charge in [-0.3, -0.25) is 4.79 Å². The van der Waals surface area contributed by atoms with Gasteiger partial charge in [0.05, 0.1) is 4.90 Å². The quantitative estimate of drug-likeness (QED) is 0.489. The van der Waals surface area contributed by atoms with Crippen molar-refractivity contribution < 1.29 is 22.0 Å². The fourth-order valence-corrected chi connectivity index (χ4v) is 4.00. The third-order valence-electron chi connectivity index (χ3n) is 4.40. The van der Waals surface area contributed by atoms with E-state index in [-0.39, 0.29) is 21.3 Å². The van der Waals surface area contributed by atoms with Crippen LogP contribution >= 0.6 is 0 Å². The van der Waals surface area contributed by atoms with Crippen molar-refractivity contribution in [1.29, 1.82) is 0 Å². The highest BCUT2D eigenvalue weighted by atomic mass is 32.2. The predicted octanol–water partition coefficient (Wildman–Crippen LogP) is 3.89. The van der Waals surface area contributed by atoms with Crippen molar-refractivity contribution in [2.24, 2.45) is 0 Å². The molecule has 3 aromatic rings. The van der Waals surface area contributed by atoms with Crippen LogP contribution < -0.4 is 5.63 Å². The largest absolute Gasteiger partial charge is 0.422 e. The molecule has 146 valence electrons. The monoisotopic (exact) mass is 402 g/mol. The van der Waals surface area contributed by atoms with Crippen LogP contribution in [-0.4, -0.2) is 20.0 Å². The summed E-state index contributed by atoms with van der Waals surface area (Å²) >= 11 is 0. The van der Waals surface area contributed by atoms with Crippen LogP contribution in [0.5, 0.6) is 0 Å². The summed E-state index contributed by atoms with van der Waals surface area (Å²) in [6, 6.07) is 10.9. The van der Waals surface area contributed by atoms with E-state index in [0.717, 1.165) is 23.8 Å². The number of carbonyl (C=O) groups is 1. The Morgan fingerprint density at radius 2 is 1.68 bits per heavy atom. The van der Waals surface area contributed by atoms with Gasteiger partial charge in [0.1, 0.15) is 22.7 Å². The van der Waals surface area contributed by atoms with Gasteiger partial charge < -0.3 is 4.42 Å². The zero-order valence-corrected chi connectivity index (χ0v) is 16.5. The molecule has 0 aliphatic heterocycles. The molecule has 7 heteroatoms. The number of sulfone groups is 1. The number of hydrogen-bond acceptors (Lipinski definition) is 5. The molecule has 0 amide bonds. The van der Waals surface area contributed by atoms with Crippen LogP contribution in [-0.2, 0) is 15.3 Å². The summed E-state index contributed by atoms with van der Waals surface area (Å²) in [5, 5.41) is 0.204. The number of Topliss-reactive ketones (excluding diaryl/α,β-unsaturated/α-hetero) is 1. The number of hydrogen-bond donors (Lipinski definition) is 0. The molecule has 0 aliphatic rings. The Kier molecular flexibility index (Phi) is 4.97. The van der Waals surface area contributed by atoms with E-state index < -0.39 is 38.4 Å². The molecule has 0 unspecified atom stereocenters. The van der Waals surface area contributed by atoms with E-state index in [1.54, 1.807) is 12.1 Å². The lowest BCUT2D eigenvalue weighted by molar-refractivity contribution is 0.101. The van der Waals surface area contributed by atoms with Crippen LogP contribution in [0.25, 0.3) is 11.0 Å². The molecule has 0 saturated carbocycles. The van der Waals surface area contributed by atoms with Crippen molar-refractivity contribution in [1.82, 2.24) is 0 Å². The van der Waals surface area contributed by atoms with Crippen LogP contribution in [0.3, 0.4) is 0 Å². The van der Waals surface area contributed by atoms with Gasteiger partial charge in [0, 0.05) is 5.39 Å². The van der Waals surface area contributed by atoms with E-state index in [9.17, 15) is 22.4 Å². The highest BCUT2D eigenvalue weighted by Gasteiger charge is 2.24. The molecule has 0 aliphatic carbocycles. The molecule has 3 rings (SSSR count). The van der Waals surface area contributed by atoms with Gasteiger partial charge in [0.2, 0.25) is 0 Å². The number of ketones is 1. The van der Waals surface area contributed by atoms with Gasteiger partial charge in [-0.2, -0.15) is 0 Å². The van der Waals surface area contributed by atoms with Crippen LogP contribution in [0.4, 0.5) is 4.39 Å². The molecular formula is C21H19FO5S. The summed E-state index contributed by atoms with van der Waals surface area (Å²) in [5.41, 5.74) is -0.453. The second-order valence-corrected chi connectivity index (χ2v) is 9.58. The molecule has 1 aromatic heterocycles. The molecule has 2 aromatic carbocycles. The van der Waals surface area contributed by atoms with Crippen molar-refractivity contribution in [3.63, 3.8) is 0 Å². The van der Waals surface area contributed by atoms with Gasteiger partial charge in [0.25, 0.3) is 0 Å². The number of rotatable bonds is 4. The van der Waals surface area contributed by atoms with Crippen LogP contribution in [0.1, 0.15) is 36.7 Å². The first kappa shape index (κ1) is 19.9. The van der Waals surface area contributed by atoms with Gasteiger partial charge in [0.15, 0.2) is 15.6 Å². The van der Waals surface area contributed by atoms with Crippen LogP contribution in [0, 0.1) is 5.82 Å². The normalized spacial score (nSPS) is 12.3. The molecule has 0 N–H and O–H groups in total. The zero-order chi connectivity index (χ0) is 20.7. The van der Waals surface area contributed by atoms with E-state index in [1.165, 1.54) is 18.2 Å². The Morgan fingerprint density at radius 1 is 1.04 bits per heavy atom. The summed E-state index contributed by atoms with van der Waals surface area (Å²) in [6.45, 7) is 6.01. The van der Waals surface area contributed by atoms with Crippen molar-refractivity contribution in [3.05, 3.63) is 75.9 Å². The number of carbonyl (C=O) groups excluding carboxylic acids is 1. The van der Waals surface area contributed by atoms with Crippen molar-refractivity contribution in [2.75, 3.05) is 5.75 Å². The lowest BCUT2D eigenvalue weighted by Crippen LogP contribution is -2.22. The fraction of sp³-hybridized carbons (Fsp3) is 0.238. The molecule has 28 heavy (non-hydrogen) atoms. The van der Waals surface area contributed by atoms with E-state index >= 15 is 0 Å². The average Bonchev–Trinajstić information content (AvgIpc) is 2.60. The van der Waals surface area contributed by atoms with E-state index in [4.69, 9.17) is 4.42 Å². The third-order valence-corrected chi connectivity index (χ3v) is 6.03. The van der Waals surface area contributed by atoms with Crippen molar-refractivity contribution >= 4 is 26.6 Å². The number of fused-ring (bicyclic) bond motifs is 1. The van der Waals surface area contributed by atoms with Gasteiger partial charge in [-0.05, 0) is 47.4 Å². The third kappa shape index (κ3) is 4.04. The molecule has 0 spiro atoms. The summed E-state index contributed by atoms with van der Waals surface area (Å²) < 4.78 is 43.6. The molecule has 1 heterocycles. The van der Waals surface area contributed by atoms with Crippen LogP contribution in [0.15, 0.2) is 62.6 Å². The number of halogens is 1. The maximum Gasteiger partial charge on any atom is 0.347 e. The SMILES string of the molecule is CC(C)(C)c1ccc(S(=O)(=O)CC(=O)c2cc3cc(F)ccc3oc2=O)cc1. The molecule has 0 saturated heterocycles. The fourth-order valence-electron chi connectivity index (χ4n) is 2.78. The predicted molar refractivity (Wildman–Crippen MR) is 104 cm³/mol. The standard InChI is InChI=1S/C21H19FO5S/c1-21(2,3)14-4-7-16(8-5-14)28(25,26)12-18(23)17-11-13-10-15(22)6-9-19(13)27-20(17)24/h4-11H,12H2,1-3H3. The summed E-state index contributed by atoms with van der Waals surface area (Å²) in [7, 11) is -3.95. The lowest BCUT2D eigenvalue weighted by atomic mass is 9.87. The Balaban J connectivity index is 1.92. The van der Waals surface area contributed by atoms with Gasteiger partial charge in [-0.15, -0.1) is 0 Å². The second-order valence-electron chi connectivity index (χ2n) is 7.59. The second kappa shape index (κ2) is 6.98.